The van der Waals surface area contributed by atoms with Gasteiger partial charge in [0.05, 0.1) is 13.2 Å². The highest BCUT2D eigenvalue weighted by Gasteiger charge is 2.25. The first-order valence-electron chi connectivity index (χ1n) is 20.7. The number of hydrogen-bond acceptors (Lipinski definition) is 8. The molecule has 9 nitrogen and oxygen atoms in total. The molecule has 0 rings (SSSR count). The van der Waals surface area contributed by atoms with Gasteiger partial charge in [-0.05, 0) is 89.9 Å². The summed E-state index contributed by atoms with van der Waals surface area (Å²) in [6.45, 7) is 3.51. The molecule has 0 bridgehead atoms. The number of rotatable bonds is 37. The van der Waals surface area contributed by atoms with Crippen LogP contribution in [0, 0.1) is 0 Å². The summed E-state index contributed by atoms with van der Waals surface area (Å²) in [5.41, 5.74) is 5.33. The lowest BCUT2D eigenvalue weighted by molar-refractivity contribution is -0.161. The Balaban J connectivity index is 4.40. The molecule has 312 valence electrons. The molecule has 10 heteroatoms. The van der Waals surface area contributed by atoms with E-state index in [1.165, 1.54) is 44.9 Å². The van der Waals surface area contributed by atoms with E-state index >= 15 is 0 Å². The Bertz CT molecular complexity index is 1220. The zero-order valence-electron chi connectivity index (χ0n) is 34.1. The molecule has 0 aromatic carbocycles. The number of carbonyl (C=O) groups is 2. The van der Waals surface area contributed by atoms with Crippen LogP contribution in [-0.2, 0) is 32.7 Å². The summed E-state index contributed by atoms with van der Waals surface area (Å²) in [7, 11) is -4.41. The van der Waals surface area contributed by atoms with Crippen molar-refractivity contribution < 1.29 is 37.6 Å². The van der Waals surface area contributed by atoms with E-state index in [0.717, 1.165) is 57.8 Å². The molecule has 0 spiro atoms. The number of ether oxygens (including phenoxy) is 2. The van der Waals surface area contributed by atoms with Gasteiger partial charge in [0.25, 0.3) is 0 Å². The molecule has 2 atom stereocenters. The predicted octanol–water partition coefficient (Wildman–Crippen LogP) is 11.8. The van der Waals surface area contributed by atoms with Crippen molar-refractivity contribution in [3.8, 4) is 0 Å². The molecule has 0 radical (unpaired) electrons. The van der Waals surface area contributed by atoms with E-state index < -0.39 is 32.5 Å². The zero-order valence-corrected chi connectivity index (χ0v) is 35.0. The molecule has 0 heterocycles. The van der Waals surface area contributed by atoms with E-state index in [9.17, 15) is 19.0 Å². The molecular formula is C45H74NO8P. The van der Waals surface area contributed by atoms with E-state index in [1.54, 1.807) is 0 Å². The Morgan fingerprint density at radius 3 is 1.40 bits per heavy atom. The lowest BCUT2D eigenvalue weighted by atomic mass is 10.1. The number of hydrogen-bond donors (Lipinski definition) is 2. The SMILES string of the molecule is CCCCC/C=C/C/C=C/C/C=C/C/C=C/C/C=C/CCC(=O)OC[C@H](COP(=O)(O)OCCN)OC(=O)CCCC/C=C/C/C=C/C/C=C/CCCCC. The van der Waals surface area contributed by atoms with Crippen LogP contribution in [-0.4, -0.2) is 49.3 Å². The third-order valence-electron chi connectivity index (χ3n) is 7.96. The fourth-order valence-electron chi connectivity index (χ4n) is 4.86. The molecule has 0 aromatic heterocycles. The molecule has 55 heavy (non-hydrogen) atoms. The van der Waals surface area contributed by atoms with Crippen LogP contribution in [0.2, 0.25) is 0 Å². The van der Waals surface area contributed by atoms with Crippen LogP contribution < -0.4 is 5.73 Å². The summed E-state index contributed by atoms with van der Waals surface area (Å²) in [5.74, 6) is -0.981. The van der Waals surface area contributed by atoms with E-state index in [-0.39, 0.29) is 32.6 Å². The standard InChI is InChI=1S/C45H74NO8P/c1-3-5-7-9-11-13-15-17-19-20-21-22-24-25-27-29-31-33-35-37-44(47)51-41-43(42-53-55(49,50)52-40-39-46)54-45(48)38-36-34-32-30-28-26-23-18-16-14-12-10-8-6-4-2/h11-14,17-19,21-23,25,27-28,30-31,33,43H,3-10,15-16,20,24,26,29,32,34-42,46H2,1-2H3,(H,49,50)/b13-11+,14-12+,19-17+,22-21+,23-18+,27-25+,30-28+,33-31+/t43-/m1/s1. The van der Waals surface area contributed by atoms with Gasteiger partial charge in [0.2, 0.25) is 0 Å². The maximum absolute atomic E-state index is 12.5. The van der Waals surface area contributed by atoms with Crippen LogP contribution in [0.15, 0.2) is 97.2 Å². The molecule has 0 saturated heterocycles. The van der Waals surface area contributed by atoms with Gasteiger partial charge >= 0.3 is 19.8 Å². The van der Waals surface area contributed by atoms with Crippen LogP contribution in [0.4, 0.5) is 0 Å². The first-order valence-corrected chi connectivity index (χ1v) is 22.2. The third-order valence-corrected chi connectivity index (χ3v) is 8.94. The lowest BCUT2D eigenvalue weighted by Gasteiger charge is -2.19. The highest BCUT2D eigenvalue weighted by Crippen LogP contribution is 2.43. The van der Waals surface area contributed by atoms with E-state index in [4.69, 9.17) is 24.3 Å². The minimum atomic E-state index is -4.41. The molecule has 3 N–H and O–H groups in total. The second-order valence-corrected chi connectivity index (χ2v) is 14.6. The second kappa shape index (κ2) is 40.6. The van der Waals surface area contributed by atoms with Gasteiger partial charge in [-0.2, -0.15) is 0 Å². The predicted molar refractivity (Wildman–Crippen MR) is 228 cm³/mol. The molecule has 0 aliphatic heterocycles. The first kappa shape index (κ1) is 51.9. The Hall–Kier alpha value is -3.07. The summed E-state index contributed by atoms with van der Waals surface area (Å²) in [5, 5.41) is 0. The molecule has 0 amide bonds. The van der Waals surface area contributed by atoms with Crippen molar-refractivity contribution in [2.75, 3.05) is 26.4 Å². The van der Waals surface area contributed by atoms with Crippen molar-refractivity contribution in [2.24, 2.45) is 5.73 Å². The maximum atomic E-state index is 12.5. The summed E-state index contributed by atoms with van der Waals surface area (Å²) in [6.07, 6.45) is 51.7. The molecule has 0 aliphatic rings. The number of carbonyl (C=O) groups excluding carboxylic acids is 2. The number of nitrogens with two attached hydrogens (primary N) is 1. The Labute approximate surface area is 334 Å². The van der Waals surface area contributed by atoms with Gasteiger partial charge in [-0.3, -0.25) is 18.6 Å². The Morgan fingerprint density at radius 2 is 0.964 bits per heavy atom. The van der Waals surface area contributed by atoms with Crippen molar-refractivity contribution in [3.05, 3.63) is 97.2 Å². The van der Waals surface area contributed by atoms with E-state index in [1.807, 2.05) is 12.2 Å². The Morgan fingerprint density at radius 1 is 0.545 bits per heavy atom. The minimum absolute atomic E-state index is 0.0324. The van der Waals surface area contributed by atoms with Crippen molar-refractivity contribution >= 4 is 19.8 Å². The topological polar surface area (TPSA) is 134 Å². The van der Waals surface area contributed by atoms with Gasteiger partial charge in [0.1, 0.15) is 6.61 Å². The van der Waals surface area contributed by atoms with Gasteiger partial charge in [-0.15, -0.1) is 0 Å². The van der Waals surface area contributed by atoms with Gasteiger partial charge in [-0.25, -0.2) is 4.57 Å². The van der Waals surface area contributed by atoms with Crippen molar-refractivity contribution in [1.82, 2.24) is 0 Å². The second-order valence-electron chi connectivity index (χ2n) is 13.1. The maximum Gasteiger partial charge on any atom is 0.472 e. The first-order chi connectivity index (χ1) is 26.8. The fraction of sp³-hybridized carbons (Fsp3) is 0.600. The van der Waals surface area contributed by atoms with Crippen LogP contribution in [0.5, 0.6) is 0 Å². The molecule has 0 aromatic rings. The summed E-state index contributed by atoms with van der Waals surface area (Å²) in [4.78, 5) is 34.8. The quantitative estimate of drug-likeness (QED) is 0.0273. The average Bonchev–Trinajstić information content (AvgIpc) is 3.17. The van der Waals surface area contributed by atoms with Crippen LogP contribution in [0.25, 0.3) is 0 Å². The highest BCUT2D eigenvalue weighted by molar-refractivity contribution is 7.47. The van der Waals surface area contributed by atoms with Gasteiger partial charge in [-0.1, -0.05) is 137 Å². The Kier molecular flexibility index (Phi) is 38.3. The number of phosphoric ester groups is 1. The third kappa shape index (κ3) is 40.4. The molecular weight excluding hydrogens is 713 g/mol. The summed E-state index contributed by atoms with van der Waals surface area (Å²) in [6, 6.07) is 0. The van der Waals surface area contributed by atoms with Crippen LogP contribution >= 0.6 is 7.82 Å². The number of phosphoric acid groups is 1. The largest absolute Gasteiger partial charge is 0.472 e. The zero-order chi connectivity index (χ0) is 40.3. The van der Waals surface area contributed by atoms with E-state index in [0.29, 0.717) is 12.8 Å². The molecule has 0 aliphatic carbocycles. The molecule has 0 saturated carbocycles. The molecule has 1 unspecified atom stereocenters. The van der Waals surface area contributed by atoms with E-state index in [2.05, 4.69) is 98.9 Å². The number of unbranched alkanes of at least 4 members (excludes halogenated alkanes) is 8. The van der Waals surface area contributed by atoms with Gasteiger partial charge in [0.15, 0.2) is 6.10 Å². The normalized spacial score (nSPS) is 14.3. The van der Waals surface area contributed by atoms with Crippen LogP contribution in [0.1, 0.15) is 142 Å². The monoisotopic (exact) mass is 788 g/mol. The fourth-order valence-corrected chi connectivity index (χ4v) is 5.62. The number of esters is 2. The van der Waals surface area contributed by atoms with Crippen molar-refractivity contribution in [2.45, 2.75) is 148 Å². The minimum Gasteiger partial charge on any atom is -0.462 e. The highest BCUT2D eigenvalue weighted by atomic mass is 31.2. The summed E-state index contributed by atoms with van der Waals surface area (Å²) < 4.78 is 32.6. The lowest BCUT2D eigenvalue weighted by Crippen LogP contribution is -2.29. The molecule has 0 fully saturated rings. The number of allylic oxidation sites excluding steroid dienone is 16. The van der Waals surface area contributed by atoms with Crippen molar-refractivity contribution in [3.63, 3.8) is 0 Å². The average molecular weight is 788 g/mol. The van der Waals surface area contributed by atoms with Gasteiger partial charge < -0.3 is 20.1 Å². The van der Waals surface area contributed by atoms with Crippen LogP contribution in [0.3, 0.4) is 0 Å². The van der Waals surface area contributed by atoms with Crippen molar-refractivity contribution in [1.29, 1.82) is 0 Å². The summed E-state index contributed by atoms with van der Waals surface area (Å²) >= 11 is 0. The smallest absolute Gasteiger partial charge is 0.462 e. The van der Waals surface area contributed by atoms with Gasteiger partial charge in [0, 0.05) is 19.4 Å².